The van der Waals surface area contributed by atoms with Gasteiger partial charge in [-0.3, -0.25) is 14.7 Å². The summed E-state index contributed by atoms with van der Waals surface area (Å²) >= 11 is 7.99. The van der Waals surface area contributed by atoms with Crippen LogP contribution in [-0.2, 0) is 26.1 Å². The molecule has 1 amide bonds. The predicted molar refractivity (Wildman–Crippen MR) is 120 cm³/mol. The molecule has 2 aliphatic rings. The lowest BCUT2D eigenvalue weighted by Crippen LogP contribution is -2.32. The first-order valence-corrected chi connectivity index (χ1v) is 11.5. The fourth-order valence-corrected chi connectivity index (χ4v) is 4.99. The number of ether oxygens (including phenoxy) is 2. The topological polar surface area (TPSA) is 63.7 Å². The molecule has 0 saturated heterocycles. The number of nitrogens with one attached hydrogen (secondary N) is 1. The second kappa shape index (κ2) is 8.49. The van der Waals surface area contributed by atoms with Gasteiger partial charge in [-0.15, -0.1) is 0 Å². The predicted octanol–water partition coefficient (Wildman–Crippen LogP) is 4.32. The first-order valence-electron chi connectivity index (χ1n) is 10.2. The van der Waals surface area contributed by atoms with Crippen LogP contribution in [0.4, 0.5) is 0 Å². The van der Waals surface area contributed by atoms with Gasteiger partial charge in [0.15, 0.2) is 11.5 Å². The normalized spacial score (nSPS) is 15.0. The molecular formula is C23H22ClN3O3S. The van der Waals surface area contributed by atoms with E-state index in [9.17, 15) is 4.79 Å². The van der Waals surface area contributed by atoms with Crippen molar-refractivity contribution in [1.82, 2.24) is 15.2 Å². The number of hydrogen-bond acceptors (Lipinski definition) is 6. The second-order valence-corrected chi connectivity index (χ2v) is 8.97. The van der Waals surface area contributed by atoms with Gasteiger partial charge < -0.3 is 14.8 Å². The van der Waals surface area contributed by atoms with E-state index in [2.05, 4.69) is 15.2 Å². The molecule has 3 aromatic rings. The van der Waals surface area contributed by atoms with E-state index in [1.165, 1.54) is 22.5 Å². The van der Waals surface area contributed by atoms with E-state index in [1.807, 2.05) is 42.1 Å². The summed E-state index contributed by atoms with van der Waals surface area (Å²) in [7, 11) is 0. The van der Waals surface area contributed by atoms with Crippen LogP contribution in [0.5, 0.6) is 11.5 Å². The van der Waals surface area contributed by atoms with E-state index in [4.69, 9.17) is 21.1 Å². The van der Waals surface area contributed by atoms with Crippen molar-refractivity contribution in [3.63, 3.8) is 0 Å². The summed E-state index contributed by atoms with van der Waals surface area (Å²) in [6, 6.07) is 5.64. The van der Waals surface area contributed by atoms with Crippen molar-refractivity contribution in [1.29, 1.82) is 0 Å². The van der Waals surface area contributed by atoms with Crippen molar-refractivity contribution in [2.45, 2.75) is 33.0 Å². The van der Waals surface area contributed by atoms with Crippen LogP contribution in [0, 0.1) is 6.92 Å². The van der Waals surface area contributed by atoms with Crippen LogP contribution in [-0.4, -0.2) is 29.1 Å². The van der Waals surface area contributed by atoms with Crippen molar-refractivity contribution in [3.05, 3.63) is 73.7 Å². The number of thiophene rings is 1. The molecule has 1 N–H and O–H groups in total. The largest absolute Gasteiger partial charge is 0.454 e. The van der Waals surface area contributed by atoms with Crippen LogP contribution in [0.1, 0.15) is 38.3 Å². The Morgan fingerprint density at radius 1 is 1.32 bits per heavy atom. The Kier molecular flexibility index (Phi) is 5.56. The van der Waals surface area contributed by atoms with Crippen LogP contribution < -0.4 is 14.8 Å². The molecule has 5 rings (SSSR count). The van der Waals surface area contributed by atoms with Gasteiger partial charge in [-0.25, -0.2) is 0 Å². The molecule has 1 aromatic carbocycles. The Balaban J connectivity index is 1.30. The third-order valence-electron chi connectivity index (χ3n) is 5.82. The zero-order valence-corrected chi connectivity index (χ0v) is 18.7. The lowest BCUT2D eigenvalue weighted by atomic mass is 9.94. The zero-order chi connectivity index (χ0) is 21.4. The SMILES string of the molecule is Cc1ncc2c(c1CNC(=O)c1ccsc1)CCN(Cc1cc3c(cc1Cl)OCO3)C2. The zero-order valence-electron chi connectivity index (χ0n) is 17.1. The molecule has 6 nitrogen and oxygen atoms in total. The van der Waals surface area contributed by atoms with Crippen molar-refractivity contribution >= 4 is 28.8 Å². The Labute approximate surface area is 189 Å². The molecule has 2 aromatic heterocycles. The third kappa shape index (κ3) is 4.13. The Morgan fingerprint density at radius 2 is 2.16 bits per heavy atom. The number of rotatable bonds is 5. The van der Waals surface area contributed by atoms with Gasteiger partial charge in [0.1, 0.15) is 0 Å². The van der Waals surface area contributed by atoms with E-state index < -0.39 is 0 Å². The number of carbonyl (C=O) groups excluding carboxylic acids is 1. The molecule has 31 heavy (non-hydrogen) atoms. The van der Waals surface area contributed by atoms with Gasteiger partial charge in [-0.2, -0.15) is 11.3 Å². The summed E-state index contributed by atoms with van der Waals surface area (Å²) < 4.78 is 10.9. The molecule has 0 spiro atoms. The van der Waals surface area contributed by atoms with Crippen LogP contribution in [0.15, 0.2) is 35.2 Å². The van der Waals surface area contributed by atoms with E-state index in [-0.39, 0.29) is 12.7 Å². The molecular weight excluding hydrogens is 434 g/mol. The van der Waals surface area contributed by atoms with E-state index in [0.717, 1.165) is 48.6 Å². The summed E-state index contributed by atoms with van der Waals surface area (Å²) in [6.45, 7) is 5.16. The van der Waals surface area contributed by atoms with Gasteiger partial charge in [0, 0.05) is 60.1 Å². The van der Waals surface area contributed by atoms with Gasteiger partial charge in [0.25, 0.3) is 5.91 Å². The molecule has 8 heteroatoms. The number of fused-ring (bicyclic) bond motifs is 2. The van der Waals surface area contributed by atoms with Gasteiger partial charge in [-0.05, 0) is 53.1 Å². The van der Waals surface area contributed by atoms with Crippen molar-refractivity contribution in [3.8, 4) is 11.5 Å². The average Bonchev–Trinajstić information content (AvgIpc) is 3.45. The van der Waals surface area contributed by atoms with Crippen molar-refractivity contribution in [2.24, 2.45) is 0 Å². The highest BCUT2D eigenvalue weighted by atomic mass is 35.5. The summed E-state index contributed by atoms with van der Waals surface area (Å²) in [6.07, 6.45) is 2.87. The minimum absolute atomic E-state index is 0.0480. The summed E-state index contributed by atoms with van der Waals surface area (Å²) in [5.74, 6) is 1.40. The molecule has 0 atom stereocenters. The second-order valence-electron chi connectivity index (χ2n) is 7.78. The number of aromatic nitrogens is 1. The lowest BCUT2D eigenvalue weighted by Gasteiger charge is -2.30. The Bertz CT molecular complexity index is 1130. The number of carbonyl (C=O) groups is 1. The summed E-state index contributed by atoms with van der Waals surface area (Å²) in [4.78, 5) is 19.3. The number of amides is 1. The number of hydrogen-bond donors (Lipinski definition) is 1. The quantitative estimate of drug-likeness (QED) is 0.620. The first-order chi connectivity index (χ1) is 15.1. The summed E-state index contributed by atoms with van der Waals surface area (Å²) in [5, 5.41) is 7.51. The minimum atomic E-state index is -0.0480. The van der Waals surface area contributed by atoms with Crippen LogP contribution in [0.3, 0.4) is 0 Å². The molecule has 4 heterocycles. The van der Waals surface area contributed by atoms with Crippen molar-refractivity contribution in [2.75, 3.05) is 13.3 Å². The first kappa shape index (κ1) is 20.3. The van der Waals surface area contributed by atoms with Gasteiger partial charge in [0.2, 0.25) is 6.79 Å². The molecule has 0 aliphatic carbocycles. The molecule has 0 fully saturated rings. The maximum atomic E-state index is 12.4. The molecule has 2 aliphatic heterocycles. The van der Waals surface area contributed by atoms with Gasteiger partial charge in [0.05, 0.1) is 0 Å². The number of benzene rings is 1. The number of nitrogens with zero attached hydrogens (tertiary/aromatic N) is 2. The number of aryl methyl sites for hydroxylation is 1. The van der Waals surface area contributed by atoms with Crippen LogP contribution in [0.2, 0.25) is 5.02 Å². The lowest BCUT2D eigenvalue weighted by molar-refractivity contribution is 0.0951. The van der Waals surface area contributed by atoms with Gasteiger partial charge in [-0.1, -0.05) is 11.6 Å². The standard InChI is InChI=1S/C23H22ClN3O3S/c1-14-19(9-26-23(28)15-3-5-31-12-15)18-2-4-27(11-17(18)8-25-14)10-16-6-21-22(7-20(16)24)30-13-29-21/h3,5-8,12H,2,4,9-11,13H2,1H3,(H,26,28). The van der Waals surface area contributed by atoms with Crippen LogP contribution >= 0.6 is 22.9 Å². The van der Waals surface area contributed by atoms with E-state index in [0.29, 0.717) is 22.9 Å². The van der Waals surface area contributed by atoms with Crippen molar-refractivity contribution < 1.29 is 14.3 Å². The molecule has 160 valence electrons. The maximum absolute atomic E-state index is 12.4. The fraction of sp³-hybridized carbons (Fsp3) is 0.304. The number of halogens is 1. The molecule has 0 saturated carbocycles. The fourth-order valence-electron chi connectivity index (χ4n) is 4.14. The molecule has 0 unspecified atom stereocenters. The highest BCUT2D eigenvalue weighted by Crippen LogP contribution is 2.37. The monoisotopic (exact) mass is 455 g/mol. The number of pyridine rings is 1. The third-order valence-corrected chi connectivity index (χ3v) is 6.85. The van der Waals surface area contributed by atoms with E-state index in [1.54, 1.807) is 0 Å². The average molecular weight is 456 g/mol. The van der Waals surface area contributed by atoms with Crippen LogP contribution in [0.25, 0.3) is 0 Å². The van der Waals surface area contributed by atoms with E-state index >= 15 is 0 Å². The minimum Gasteiger partial charge on any atom is -0.454 e. The maximum Gasteiger partial charge on any atom is 0.252 e. The Morgan fingerprint density at radius 3 is 2.97 bits per heavy atom. The molecule has 0 bridgehead atoms. The summed E-state index contributed by atoms with van der Waals surface area (Å²) in [5.41, 5.74) is 6.32. The highest BCUT2D eigenvalue weighted by Gasteiger charge is 2.23. The highest BCUT2D eigenvalue weighted by molar-refractivity contribution is 7.08. The molecule has 0 radical (unpaired) electrons. The smallest absolute Gasteiger partial charge is 0.252 e. The Hall–Kier alpha value is -2.61. The van der Waals surface area contributed by atoms with Gasteiger partial charge >= 0.3 is 0 Å².